The average Bonchev–Trinajstić information content (AvgIpc) is 3.56. The number of rotatable bonds is 8. The van der Waals surface area contributed by atoms with E-state index in [0.717, 1.165) is 59.3 Å². The maximum Gasteiger partial charge on any atom is 0.272 e. The number of amides is 2. The highest BCUT2D eigenvalue weighted by molar-refractivity contribution is 6.36. The van der Waals surface area contributed by atoms with E-state index in [0.29, 0.717) is 75.2 Å². The zero-order valence-corrected chi connectivity index (χ0v) is 31.6. The average molecular weight is 785 g/mol. The molecule has 2 N–H and O–H groups in total. The summed E-state index contributed by atoms with van der Waals surface area (Å²) in [6, 6.07) is 26.9. The molecule has 2 aromatic heterocycles. The number of aryl methyl sites for hydroxylation is 2. The number of nitrogens with zero attached hydrogens (tertiary/aromatic N) is 4. The van der Waals surface area contributed by atoms with Gasteiger partial charge < -0.3 is 10.6 Å². The predicted molar refractivity (Wildman–Crippen MR) is 211 cm³/mol. The summed E-state index contributed by atoms with van der Waals surface area (Å²) >= 11 is 25.8. The van der Waals surface area contributed by atoms with Crippen LogP contribution in [0.3, 0.4) is 0 Å². The van der Waals surface area contributed by atoms with E-state index in [1.165, 1.54) is 11.1 Å². The molecule has 4 aromatic carbocycles. The number of benzene rings is 4. The molecule has 0 aliphatic heterocycles. The molecule has 8 rings (SSSR count). The van der Waals surface area contributed by atoms with Crippen molar-refractivity contribution in [3.63, 3.8) is 0 Å². The number of carbonyl (C=O) groups excluding carboxylic acids is 2. The molecule has 2 heterocycles. The number of halogens is 4. The topological polar surface area (TPSA) is 93.8 Å². The van der Waals surface area contributed by atoms with Crippen molar-refractivity contribution in [2.75, 3.05) is 13.1 Å². The Bertz CT molecular complexity index is 2240. The molecule has 0 atom stereocenters. The predicted octanol–water partition coefficient (Wildman–Crippen LogP) is 9.53. The van der Waals surface area contributed by atoms with Gasteiger partial charge in [-0.1, -0.05) is 94.9 Å². The second-order valence-electron chi connectivity index (χ2n) is 13.3. The first-order valence-corrected chi connectivity index (χ1v) is 19.2. The van der Waals surface area contributed by atoms with E-state index >= 15 is 0 Å². The van der Waals surface area contributed by atoms with Gasteiger partial charge in [-0.05, 0) is 92.5 Å². The molecule has 268 valence electrons. The van der Waals surface area contributed by atoms with Crippen LogP contribution in [-0.2, 0) is 25.7 Å². The molecule has 8 nitrogen and oxygen atoms in total. The van der Waals surface area contributed by atoms with Crippen LogP contribution in [0.15, 0.2) is 84.9 Å². The van der Waals surface area contributed by atoms with Crippen molar-refractivity contribution in [3.8, 4) is 33.9 Å². The third-order valence-corrected chi connectivity index (χ3v) is 11.0. The summed E-state index contributed by atoms with van der Waals surface area (Å²) < 4.78 is 3.54. The summed E-state index contributed by atoms with van der Waals surface area (Å²) in [7, 11) is 0. The van der Waals surface area contributed by atoms with Crippen molar-refractivity contribution in [1.82, 2.24) is 30.2 Å². The summed E-state index contributed by atoms with van der Waals surface area (Å²) in [4.78, 5) is 27.5. The quantitative estimate of drug-likeness (QED) is 0.151. The van der Waals surface area contributed by atoms with E-state index in [1.54, 1.807) is 33.6 Å². The maximum absolute atomic E-state index is 13.8. The van der Waals surface area contributed by atoms with E-state index in [1.807, 2.05) is 36.4 Å². The SMILES string of the molecule is O=C(NCCCNC(=O)c1nn(-c2ccc(Cl)cc2Cl)c2c1CCCc1ccccc1-2)c1nn(-c2ccc(Cl)cc2Cl)c2c1CCCc1ccccc1-2. The minimum atomic E-state index is -0.279. The van der Waals surface area contributed by atoms with Crippen molar-refractivity contribution < 1.29 is 9.59 Å². The van der Waals surface area contributed by atoms with Crippen LogP contribution in [-0.4, -0.2) is 44.5 Å². The lowest BCUT2D eigenvalue weighted by Crippen LogP contribution is -2.31. The zero-order valence-electron chi connectivity index (χ0n) is 28.6. The van der Waals surface area contributed by atoms with Gasteiger partial charge in [-0.25, -0.2) is 9.36 Å². The molecule has 2 amide bonds. The fraction of sp³-hybridized carbons (Fsp3) is 0.220. The highest BCUT2D eigenvalue weighted by Gasteiger charge is 2.30. The standard InChI is InChI=1S/C41H34Cl4N6O2/c42-26-16-18-34(32(44)22-26)50-38-28-12-3-1-8-24(28)10-5-14-30(38)36(48-50)40(52)46-20-7-21-47-41(53)37-31-15-6-11-25-9-2-4-13-29(25)39(31)51(49-37)35-19-17-27(43)23-33(35)45/h1-4,8-9,12-13,16-19,22-23H,5-7,10-11,14-15,20-21H2,(H,46,52)(H,47,53). The van der Waals surface area contributed by atoms with E-state index in [9.17, 15) is 9.59 Å². The van der Waals surface area contributed by atoms with Crippen LogP contribution in [0.4, 0.5) is 0 Å². The first-order chi connectivity index (χ1) is 25.8. The van der Waals surface area contributed by atoms with E-state index < -0.39 is 0 Å². The van der Waals surface area contributed by atoms with Gasteiger partial charge in [0.15, 0.2) is 11.4 Å². The Labute approximate surface area is 327 Å². The number of nitrogens with one attached hydrogen (secondary N) is 2. The van der Waals surface area contributed by atoms with Crippen molar-refractivity contribution in [2.45, 2.75) is 44.9 Å². The molecule has 0 spiro atoms. The molecular weight excluding hydrogens is 750 g/mol. The van der Waals surface area contributed by atoms with Gasteiger partial charge >= 0.3 is 0 Å². The fourth-order valence-corrected chi connectivity index (χ4v) is 8.43. The molecule has 0 saturated carbocycles. The van der Waals surface area contributed by atoms with Crippen molar-refractivity contribution >= 4 is 58.2 Å². The lowest BCUT2D eigenvalue weighted by atomic mass is 10.0. The first-order valence-electron chi connectivity index (χ1n) is 17.7. The minimum Gasteiger partial charge on any atom is -0.351 e. The summed E-state index contributed by atoms with van der Waals surface area (Å²) in [6.45, 7) is 0.665. The largest absolute Gasteiger partial charge is 0.351 e. The number of hydrogen-bond acceptors (Lipinski definition) is 4. The van der Waals surface area contributed by atoms with Crippen LogP contribution in [0.2, 0.25) is 20.1 Å². The van der Waals surface area contributed by atoms with Crippen molar-refractivity contribution in [2.24, 2.45) is 0 Å². The van der Waals surface area contributed by atoms with Crippen LogP contribution >= 0.6 is 46.4 Å². The summed E-state index contributed by atoms with van der Waals surface area (Å²) in [5.41, 5.74) is 9.95. The van der Waals surface area contributed by atoms with Gasteiger partial charge in [0.25, 0.3) is 11.8 Å². The Morgan fingerprint density at radius 3 is 1.45 bits per heavy atom. The lowest BCUT2D eigenvalue weighted by molar-refractivity contribution is 0.0945. The molecule has 12 heteroatoms. The minimum absolute atomic E-state index is 0.279. The van der Waals surface area contributed by atoms with Crippen LogP contribution in [0.1, 0.15) is 62.5 Å². The van der Waals surface area contributed by atoms with Crippen LogP contribution < -0.4 is 10.6 Å². The van der Waals surface area contributed by atoms with Crippen LogP contribution in [0.5, 0.6) is 0 Å². The Hall–Kier alpha value is -4.60. The Morgan fingerprint density at radius 2 is 1.02 bits per heavy atom. The lowest BCUT2D eigenvalue weighted by Gasteiger charge is -2.12. The second-order valence-corrected chi connectivity index (χ2v) is 14.9. The second kappa shape index (κ2) is 15.0. The van der Waals surface area contributed by atoms with Crippen molar-refractivity contribution in [1.29, 1.82) is 0 Å². The van der Waals surface area contributed by atoms with Gasteiger partial charge in [0.1, 0.15) is 0 Å². The van der Waals surface area contributed by atoms with Gasteiger partial charge in [0.05, 0.1) is 32.8 Å². The Kier molecular flexibility index (Phi) is 10.0. The highest BCUT2D eigenvalue weighted by atomic mass is 35.5. The number of carbonyl (C=O) groups is 2. The molecule has 53 heavy (non-hydrogen) atoms. The Morgan fingerprint density at radius 1 is 0.585 bits per heavy atom. The molecule has 0 bridgehead atoms. The number of aromatic nitrogens is 4. The molecule has 0 radical (unpaired) electrons. The van der Waals surface area contributed by atoms with E-state index in [2.05, 4.69) is 34.9 Å². The fourth-order valence-electron chi connectivity index (χ4n) is 7.46. The van der Waals surface area contributed by atoms with E-state index in [-0.39, 0.29) is 11.8 Å². The zero-order chi connectivity index (χ0) is 36.6. The van der Waals surface area contributed by atoms with E-state index in [4.69, 9.17) is 56.6 Å². The third-order valence-electron chi connectivity index (χ3n) is 9.89. The first kappa shape index (κ1) is 35.4. The summed E-state index contributed by atoms with van der Waals surface area (Å²) in [5.74, 6) is -0.559. The molecule has 6 aromatic rings. The van der Waals surface area contributed by atoms with Gasteiger partial charge in [-0.2, -0.15) is 10.2 Å². The number of fused-ring (bicyclic) bond motifs is 6. The third kappa shape index (κ3) is 6.85. The molecule has 0 saturated heterocycles. The molecule has 2 aliphatic carbocycles. The van der Waals surface area contributed by atoms with Gasteiger partial charge in [0.2, 0.25) is 0 Å². The monoisotopic (exact) mass is 782 g/mol. The number of hydrogen-bond donors (Lipinski definition) is 2. The molecule has 0 unspecified atom stereocenters. The summed E-state index contributed by atoms with van der Waals surface area (Å²) in [6.07, 6.45) is 5.42. The summed E-state index contributed by atoms with van der Waals surface area (Å²) in [5, 5.41) is 17.7. The van der Waals surface area contributed by atoms with Crippen LogP contribution in [0.25, 0.3) is 33.9 Å². The van der Waals surface area contributed by atoms with Crippen LogP contribution in [0, 0.1) is 0 Å². The molecule has 0 fully saturated rings. The van der Waals surface area contributed by atoms with Gasteiger partial charge in [-0.15, -0.1) is 0 Å². The Balaban J connectivity index is 1.01. The smallest absolute Gasteiger partial charge is 0.272 e. The van der Waals surface area contributed by atoms with Crippen molar-refractivity contribution in [3.05, 3.63) is 139 Å². The molecule has 2 aliphatic rings. The van der Waals surface area contributed by atoms with Gasteiger partial charge in [-0.3, -0.25) is 9.59 Å². The maximum atomic E-state index is 13.8. The molecular formula is C41H34Cl4N6O2. The highest BCUT2D eigenvalue weighted by Crippen LogP contribution is 2.39. The normalized spacial score (nSPS) is 13.2. The van der Waals surface area contributed by atoms with Gasteiger partial charge in [0, 0.05) is 45.4 Å².